The lowest BCUT2D eigenvalue weighted by molar-refractivity contribution is 0.122. The molecule has 0 radical (unpaired) electrons. The van der Waals surface area contributed by atoms with E-state index in [-0.39, 0.29) is 5.56 Å². The third-order valence-corrected chi connectivity index (χ3v) is 4.44. The number of aromatic nitrogens is 2. The number of hydrogen-bond donors (Lipinski definition) is 0. The van der Waals surface area contributed by atoms with Gasteiger partial charge in [0.15, 0.2) is 0 Å². The summed E-state index contributed by atoms with van der Waals surface area (Å²) in [5.74, 6) is 0.938. The summed E-state index contributed by atoms with van der Waals surface area (Å²) < 4.78 is 7.01. The average molecular weight is 321 g/mol. The molecule has 0 spiro atoms. The fourth-order valence-corrected chi connectivity index (χ4v) is 3.05. The van der Waals surface area contributed by atoms with Gasteiger partial charge in [0.05, 0.1) is 18.9 Å². The molecule has 1 saturated heterocycles. The zero-order valence-electron chi connectivity index (χ0n) is 13.6. The Morgan fingerprint density at radius 1 is 1.08 bits per heavy atom. The third-order valence-electron chi connectivity index (χ3n) is 4.44. The molecule has 0 atom stereocenters. The van der Waals surface area contributed by atoms with Crippen LogP contribution in [0.3, 0.4) is 0 Å². The summed E-state index contributed by atoms with van der Waals surface area (Å²) in [6.45, 7) is 3.11. The molecule has 1 aliphatic rings. The second-order valence-corrected chi connectivity index (χ2v) is 6.01. The molecule has 3 aromatic rings. The quantitative estimate of drug-likeness (QED) is 0.727. The number of aryl methyl sites for hydroxylation is 1. The molecule has 1 fully saturated rings. The summed E-state index contributed by atoms with van der Waals surface area (Å²) in [5.41, 5.74) is 1.67. The molecule has 5 heteroatoms. The van der Waals surface area contributed by atoms with Gasteiger partial charge in [-0.05, 0) is 17.5 Å². The smallest absolute Gasteiger partial charge is 0.250 e. The highest BCUT2D eigenvalue weighted by Crippen LogP contribution is 2.30. The summed E-state index contributed by atoms with van der Waals surface area (Å²) in [6.07, 6.45) is 1.79. The van der Waals surface area contributed by atoms with Crippen molar-refractivity contribution in [3.05, 3.63) is 59.0 Å². The standard InChI is InChI=1S/C19H19N3O2/c1-21-7-6-15(13-18(21)23)19-16-5-3-2-4-14(16)12-17(20-19)22-8-10-24-11-9-22/h2-7,12-13H,8-11H2,1H3. The molecular weight excluding hydrogens is 302 g/mol. The van der Waals surface area contributed by atoms with E-state index in [2.05, 4.69) is 23.1 Å². The van der Waals surface area contributed by atoms with Crippen LogP contribution < -0.4 is 10.5 Å². The summed E-state index contributed by atoms with van der Waals surface area (Å²) in [5, 5.41) is 2.19. The molecule has 0 saturated carbocycles. The van der Waals surface area contributed by atoms with Crippen LogP contribution in [0.4, 0.5) is 5.82 Å². The van der Waals surface area contributed by atoms with Gasteiger partial charge in [0, 0.05) is 43.4 Å². The first kappa shape index (κ1) is 14.9. The third kappa shape index (κ3) is 2.67. The molecule has 24 heavy (non-hydrogen) atoms. The lowest BCUT2D eigenvalue weighted by atomic mass is 10.0. The van der Waals surface area contributed by atoms with Crippen LogP contribution in [0.15, 0.2) is 53.5 Å². The number of morpholine rings is 1. The Morgan fingerprint density at radius 2 is 1.88 bits per heavy atom. The van der Waals surface area contributed by atoms with Crippen molar-refractivity contribution in [3.8, 4) is 11.3 Å². The van der Waals surface area contributed by atoms with Gasteiger partial charge in [0.1, 0.15) is 5.82 Å². The molecule has 0 N–H and O–H groups in total. The molecule has 0 bridgehead atoms. The molecule has 5 nitrogen and oxygen atoms in total. The lowest BCUT2D eigenvalue weighted by Crippen LogP contribution is -2.36. The van der Waals surface area contributed by atoms with Crippen LogP contribution in [-0.4, -0.2) is 35.9 Å². The molecule has 122 valence electrons. The molecule has 0 unspecified atom stereocenters. The highest BCUT2D eigenvalue weighted by molar-refractivity contribution is 5.96. The predicted octanol–water partition coefficient (Wildman–Crippen LogP) is 2.44. The first-order valence-electron chi connectivity index (χ1n) is 8.12. The van der Waals surface area contributed by atoms with Crippen molar-refractivity contribution < 1.29 is 4.74 Å². The number of anilines is 1. The molecule has 2 aromatic heterocycles. The van der Waals surface area contributed by atoms with Crippen LogP contribution in [0.2, 0.25) is 0 Å². The highest BCUT2D eigenvalue weighted by Gasteiger charge is 2.16. The number of hydrogen-bond acceptors (Lipinski definition) is 4. The van der Waals surface area contributed by atoms with Crippen molar-refractivity contribution in [2.45, 2.75) is 0 Å². The first-order valence-corrected chi connectivity index (χ1v) is 8.12. The van der Waals surface area contributed by atoms with E-state index in [0.717, 1.165) is 54.2 Å². The molecule has 4 rings (SSSR count). The molecule has 1 aromatic carbocycles. The van der Waals surface area contributed by atoms with Crippen molar-refractivity contribution in [1.82, 2.24) is 9.55 Å². The second-order valence-electron chi connectivity index (χ2n) is 6.01. The van der Waals surface area contributed by atoms with Crippen LogP contribution >= 0.6 is 0 Å². The number of fused-ring (bicyclic) bond motifs is 1. The van der Waals surface area contributed by atoms with E-state index >= 15 is 0 Å². The van der Waals surface area contributed by atoms with Crippen molar-refractivity contribution in [2.24, 2.45) is 7.05 Å². The predicted molar refractivity (Wildman–Crippen MR) is 95.5 cm³/mol. The Kier molecular flexibility index (Phi) is 3.78. The van der Waals surface area contributed by atoms with Gasteiger partial charge in [-0.15, -0.1) is 0 Å². The van der Waals surface area contributed by atoms with Crippen molar-refractivity contribution in [1.29, 1.82) is 0 Å². The van der Waals surface area contributed by atoms with Gasteiger partial charge >= 0.3 is 0 Å². The summed E-state index contributed by atoms with van der Waals surface area (Å²) in [4.78, 5) is 19.2. The molecule has 0 amide bonds. The summed E-state index contributed by atoms with van der Waals surface area (Å²) in [6, 6.07) is 13.9. The average Bonchev–Trinajstić information content (AvgIpc) is 2.64. The number of benzene rings is 1. The fraction of sp³-hybridized carbons (Fsp3) is 0.263. The van der Waals surface area contributed by atoms with Crippen LogP contribution in [0.1, 0.15) is 0 Å². The number of nitrogens with zero attached hydrogens (tertiary/aromatic N) is 3. The Balaban J connectivity index is 1.91. The Labute approximate surface area is 140 Å². The zero-order chi connectivity index (χ0) is 16.5. The maximum atomic E-state index is 12.0. The zero-order valence-corrected chi connectivity index (χ0v) is 13.6. The first-order chi connectivity index (χ1) is 11.7. The van der Waals surface area contributed by atoms with Crippen LogP contribution in [-0.2, 0) is 11.8 Å². The van der Waals surface area contributed by atoms with Gasteiger partial charge in [-0.3, -0.25) is 4.79 Å². The monoisotopic (exact) mass is 321 g/mol. The van der Waals surface area contributed by atoms with Gasteiger partial charge in [-0.1, -0.05) is 24.3 Å². The number of rotatable bonds is 2. The van der Waals surface area contributed by atoms with Crippen molar-refractivity contribution in [2.75, 3.05) is 31.2 Å². The van der Waals surface area contributed by atoms with Gasteiger partial charge in [0.2, 0.25) is 0 Å². The Morgan fingerprint density at radius 3 is 2.67 bits per heavy atom. The number of ether oxygens (including phenoxy) is 1. The highest BCUT2D eigenvalue weighted by atomic mass is 16.5. The van der Waals surface area contributed by atoms with Crippen LogP contribution in [0.5, 0.6) is 0 Å². The minimum Gasteiger partial charge on any atom is -0.378 e. The van der Waals surface area contributed by atoms with Gasteiger partial charge in [0.25, 0.3) is 5.56 Å². The summed E-state index contributed by atoms with van der Waals surface area (Å²) in [7, 11) is 1.75. The van der Waals surface area contributed by atoms with E-state index in [1.807, 2.05) is 18.2 Å². The van der Waals surface area contributed by atoms with Crippen molar-refractivity contribution >= 4 is 16.6 Å². The van der Waals surface area contributed by atoms with Crippen LogP contribution in [0.25, 0.3) is 22.0 Å². The molecule has 0 aliphatic carbocycles. The SMILES string of the molecule is Cn1ccc(-c2nc(N3CCOCC3)cc3ccccc23)cc1=O. The molecule has 1 aliphatic heterocycles. The number of pyridine rings is 2. The lowest BCUT2D eigenvalue weighted by Gasteiger charge is -2.28. The maximum Gasteiger partial charge on any atom is 0.250 e. The molecule has 3 heterocycles. The minimum absolute atomic E-state index is 0.0323. The second kappa shape index (κ2) is 6.09. The van der Waals surface area contributed by atoms with Gasteiger partial charge < -0.3 is 14.2 Å². The fourth-order valence-electron chi connectivity index (χ4n) is 3.05. The van der Waals surface area contributed by atoms with Gasteiger partial charge in [-0.2, -0.15) is 0 Å². The maximum absolute atomic E-state index is 12.0. The molecular formula is C19H19N3O2. The van der Waals surface area contributed by atoms with Gasteiger partial charge in [-0.25, -0.2) is 4.98 Å². The van der Waals surface area contributed by atoms with E-state index in [1.165, 1.54) is 0 Å². The Hall–Kier alpha value is -2.66. The van der Waals surface area contributed by atoms with E-state index in [0.29, 0.717) is 0 Å². The largest absolute Gasteiger partial charge is 0.378 e. The minimum atomic E-state index is -0.0323. The Bertz CT molecular complexity index is 943. The van der Waals surface area contributed by atoms with E-state index in [9.17, 15) is 4.79 Å². The topological polar surface area (TPSA) is 47.4 Å². The van der Waals surface area contributed by atoms with E-state index in [4.69, 9.17) is 9.72 Å². The van der Waals surface area contributed by atoms with E-state index in [1.54, 1.807) is 23.9 Å². The van der Waals surface area contributed by atoms with Crippen LogP contribution in [0, 0.1) is 0 Å². The van der Waals surface area contributed by atoms with Crippen molar-refractivity contribution in [3.63, 3.8) is 0 Å². The summed E-state index contributed by atoms with van der Waals surface area (Å²) >= 11 is 0. The normalized spacial score (nSPS) is 15.0. The van der Waals surface area contributed by atoms with E-state index < -0.39 is 0 Å².